The zero-order valence-electron chi connectivity index (χ0n) is 18.1. The fourth-order valence-electron chi connectivity index (χ4n) is 3.23. The summed E-state index contributed by atoms with van der Waals surface area (Å²) in [4.78, 5) is 25.1. The normalized spacial score (nSPS) is 12.5. The number of hydrogen-bond acceptors (Lipinski definition) is 3. The molecule has 0 aliphatic rings. The minimum atomic E-state index is -0.704. The summed E-state index contributed by atoms with van der Waals surface area (Å²) in [5, 5.41) is 5.78. The van der Waals surface area contributed by atoms with Gasteiger partial charge in [-0.3, -0.25) is 9.59 Å². The number of benzene rings is 3. The van der Waals surface area contributed by atoms with Crippen molar-refractivity contribution in [2.45, 2.75) is 32.9 Å². The van der Waals surface area contributed by atoms with Crippen molar-refractivity contribution in [2.24, 2.45) is 0 Å². The number of ether oxygens (including phenoxy) is 1. The molecule has 31 heavy (non-hydrogen) atoms. The molecule has 0 radical (unpaired) electrons. The summed E-state index contributed by atoms with van der Waals surface area (Å²) in [7, 11) is 0. The molecule has 3 aromatic carbocycles. The molecule has 0 aliphatic heterocycles. The van der Waals surface area contributed by atoms with Crippen LogP contribution in [0.15, 0.2) is 78.9 Å². The minimum absolute atomic E-state index is 0.152. The molecule has 3 rings (SSSR count). The Balaban J connectivity index is 1.66. The second-order valence-electron chi connectivity index (χ2n) is 7.59. The summed E-state index contributed by atoms with van der Waals surface area (Å²) >= 11 is 0. The Labute approximate surface area is 183 Å². The van der Waals surface area contributed by atoms with Gasteiger partial charge in [0.1, 0.15) is 11.8 Å². The van der Waals surface area contributed by atoms with Gasteiger partial charge in [-0.05, 0) is 55.2 Å². The number of nitrogens with one attached hydrogen (secondary N) is 2. The van der Waals surface area contributed by atoms with Crippen LogP contribution < -0.4 is 15.4 Å². The predicted molar refractivity (Wildman–Crippen MR) is 122 cm³/mol. The van der Waals surface area contributed by atoms with Gasteiger partial charge in [0.2, 0.25) is 5.91 Å². The van der Waals surface area contributed by atoms with Crippen LogP contribution >= 0.6 is 0 Å². The number of carbonyl (C=O) groups excluding carboxylic acids is 2. The number of rotatable bonds is 8. The van der Waals surface area contributed by atoms with E-state index in [1.165, 1.54) is 5.56 Å². The van der Waals surface area contributed by atoms with Crippen LogP contribution in [0, 0.1) is 13.8 Å². The van der Waals surface area contributed by atoms with Gasteiger partial charge in [0.25, 0.3) is 5.91 Å². The first kappa shape index (κ1) is 22.1. The molecule has 0 unspecified atom stereocenters. The summed E-state index contributed by atoms with van der Waals surface area (Å²) in [5.41, 5.74) is 4.33. The van der Waals surface area contributed by atoms with Crippen LogP contribution in [0.4, 0.5) is 0 Å². The van der Waals surface area contributed by atoms with Crippen LogP contribution in [0.25, 0.3) is 0 Å². The van der Waals surface area contributed by atoms with Crippen LogP contribution in [0.5, 0.6) is 5.75 Å². The monoisotopic (exact) mass is 416 g/mol. The topological polar surface area (TPSA) is 67.4 Å². The Morgan fingerprint density at radius 1 is 0.806 bits per heavy atom. The zero-order valence-corrected chi connectivity index (χ0v) is 18.1. The summed E-state index contributed by atoms with van der Waals surface area (Å²) in [6, 6.07) is 24.0. The van der Waals surface area contributed by atoms with Crippen LogP contribution in [-0.2, 0) is 9.59 Å². The van der Waals surface area contributed by atoms with Crippen LogP contribution in [0.3, 0.4) is 0 Å². The van der Waals surface area contributed by atoms with Gasteiger partial charge >= 0.3 is 0 Å². The third-order valence-corrected chi connectivity index (χ3v) is 5.17. The van der Waals surface area contributed by atoms with Crippen molar-refractivity contribution in [3.8, 4) is 5.75 Å². The molecule has 3 aromatic rings. The maximum Gasteiger partial charge on any atom is 0.258 e. The second kappa shape index (κ2) is 10.4. The fraction of sp³-hybridized carbons (Fsp3) is 0.231. The van der Waals surface area contributed by atoms with Crippen molar-refractivity contribution in [3.05, 3.63) is 101 Å². The average molecular weight is 417 g/mol. The average Bonchev–Trinajstić information content (AvgIpc) is 2.79. The van der Waals surface area contributed by atoms with Gasteiger partial charge in [-0.1, -0.05) is 66.7 Å². The van der Waals surface area contributed by atoms with E-state index < -0.39 is 6.04 Å². The van der Waals surface area contributed by atoms with Crippen molar-refractivity contribution >= 4 is 11.8 Å². The van der Waals surface area contributed by atoms with E-state index in [1.807, 2.05) is 54.6 Å². The van der Waals surface area contributed by atoms with E-state index in [9.17, 15) is 9.59 Å². The fourth-order valence-corrected chi connectivity index (χ4v) is 3.23. The first-order valence-electron chi connectivity index (χ1n) is 10.3. The van der Waals surface area contributed by atoms with Gasteiger partial charge in [0, 0.05) is 0 Å². The lowest BCUT2D eigenvalue weighted by Gasteiger charge is -2.23. The van der Waals surface area contributed by atoms with E-state index in [-0.39, 0.29) is 24.5 Å². The van der Waals surface area contributed by atoms with E-state index in [1.54, 1.807) is 19.1 Å². The molecule has 0 fully saturated rings. The first-order chi connectivity index (χ1) is 14.9. The highest BCUT2D eigenvalue weighted by atomic mass is 16.5. The maximum absolute atomic E-state index is 12.9. The lowest BCUT2D eigenvalue weighted by atomic mass is 9.95. The highest BCUT2D eigenvalue weighted by molar-refractivity contribution is 5.88. The van der Waals surface area contributed by atoms with Crippen molar-refractivity contribution in [1.29, 1.82) is 0 Å². The van der Waals surface area contributed by atoms with E-state index in [4.69, 9.17) is 4.74 Å². The Morgan fingerprint density at radius 2 is 1.45 bits per heavy atom. The highest BCUT2D eigenvalue weighted by Gasteiger charge is 2.22. The van der Waals surface area contributed by atoms with Gasteiger partial charge in [0.05, 0.1) is 6.04 Å². The SMILES string of the molecule is Cc1ccc([C@H](NC(=O)[C@@H](C)NC(=O)COc2ccccc2)c2ccccc2)cc1C. The molecule has 0 aromatic heterocycles. The van der Waals surface area contributed by atoms with Gasteiger partial charge < -0.3 is 15.4 Å². The van der Waals surface area contributed by atoms with Crippen LogP contribution in [-0.4, -0.2) is 24.5 Å². The molecule has 0 saturated carbocycles. The largest absolute Gasteiger partial charge is 0.484 e. The quantitative estimate of drug-likeness (QED) is 0.581. The van der Waals surface area contributed by atoms with E-state index in [0.29, 0.717) is 5.75 Å². The number of aryl methyl sites for hydroxylation is 2. The molecule has 2 amide bonds. The number of amides is 2. The summed E-state index contributed by atoms with van der Waals surface area (Å²) in [6.07, 6.45) is 0. The Bertz CT molecular complexity index is 1020. The number of hydrogen-bond donors (Lipinski definition) is 2. The third-order valence-electron chi connectivity index (χ3n) is 5.17. The van der Waals surface area contributed by atoms with E-state index in [2.05, 4.69) is 36.6 Å². The molecule has 0 aliphatic carbocycles. The second-order valence-corrected chi connectivity index (χ2v) is 7.59. The van der Waals surface area contributed by atoms with Crippen molar-refractivity contribution in [3.63, 3.8) is 0 Å². The Morgan fingerprint density at radius 3 is 2.10 bits per heavy atom. The highest BCUT2D eigenvalue weighted by Crippen LogP contribution is 2.24. The van der Waals surface area contributed by atoms with Crippen LogP contribution in [0.2, 0.25) is 0 Å². The standard InChI is InChI=1S/C26H28N2O3/c1-18-14-15-22(16-19(18)2)25(21-10-6-4-7-11-21)28-26(30)20(3)27-24(29)17-31-23-12-8-5-9-13-23/h4-16,20,25H,17H2,1-3H3,(H,27,29)(H,28,30)/t20-,25-/m1/s1. The predicted octanol–water partition coefficient (Wildman–Crippen LogP) is 4.09. The molecule has 0 saturated heterocycles. The molecule has 0 bridgehead atoms. The van der Waals surface area contributed by atoms with E-state index >= 15 is 0 Å². The molecule has 2 N–H and O–H groups in total. The Kier molecular flexibility index (Phi) is 7.44. The molecule has 160 valence electrons. The zero-order chi connectivity index (χ0) is 22.2. The summed E-state index contributed by atoms with van der Waals surface area (Å²) < 4.78 is 5.45. The summed E-state index contributed by atoms with van der Waals surface area (Å²) in [5.74, 6) is -0.0114. The van der Waals surface area contributed by atoms with Gasteiger partial charge in [0.15, 0.2) is 6.61 Å². The van der Waals surface area contributed by atoms with Gasteiger partial charge in [-0.15, -0.1) is 0 Å². The first-order valence-corrected chi connectivity index (χ1v) is 10.3. The number of para-hydroxylation sites is 1. The lowest BCUT2D eigenvalue weighted by molar-refractivity contribution is -0.129. The van der Waals surface area contributed by atoms with Crippen LogP contribution in [0.1, 0.15) is 35.2 Å². The Hall–Kier alpha value is -3.60. The lowest BCUT2D eigenvalue weighted by Crippen LogP contribution is -2.47. The molecular weight excluding hydrogens is 388 g/mol. The minimum Gasteiger partial charge on any atom is -0.484 e. The molecule has 0 spiro atoms. The van der Waals surface area contributed by atoms with Gasteiger partial charge in [-0.2, -0.15) is 0 Å². The molecule has 5 heteroatoms. The molecule has 0 heterocycles. The molecule has 5 nitrogen and oxygen atoms in total. The van der Waals surface area contributed by atoms with E-state index in [0.717, 1.165) is 16.7 Å². The van der Waals surface area contributed by atoms with Crippen molar-refractivity contribution < 1.29 is 14.3 Å². The van der Waals surface area contributed by atoms with Crippen molar-refractivity contribution in [2.75, 3.05) is 6.61 Å². The van der Waals surface area contributed by atoms with Crippen molar-refractivity contribution in [1.82, 2.24) is 10.6 Å². The smallest absolute Gasteiger partial charge is 0.258 e. The summed E-state index contributed by atoms with van der Waals surface area (Å²) in [6.45, 7) is 5.63. The molecular formula is C26H28N2O3. The van der Waals surface area contributed by atoms with Gasteiger partial charge in [-0.25, -0.2) is 0 Å². The molecule has 2 atom stereocenters. The number of carbonyl (C=O) groups is 2. The maximum atomic E-state index is 12.9. The third kappa shape index (κ3) is 6.19.